The van der Waals surface area contributed by atoms with Gasteiger partial charge in [-0.15, -0.1) is 0 Å². The van der Waals surface area contributed by atoms with Crippen LogP contribution in [0.15, 0.2) is 53.4 Å². The zero-order chi connectivity index (χ0) is 14.5. The topological polar surface area (TPSA) is 46.2 Å². The summed E-state index contributed by atoms with van der Waals surface area (Å²) in [5, 5.41) is 2.34. The van der Waals surface area contributed by atoms with Crippen LogP contribution < -0.4 is 5.32 Å². The smallest absolute Gasteiger partial charge is 0.237 e. The fourth-order valence-corrected chi connectivity index (χ4v) is 2.45. The summed E-state index contributed by atoms with van der Waals surface area (Å²) in [4.78, 5) is 12.0. The van der Waals surface area contributed by atoms with E-state index in [2.05, 4.69) is 5.32 Å². The largest absolute Gasteiger partial charge is 0.323 e. The van der Waals surface area contributed by atoms with E-state index in [1.807, 2.05) is 0 Å². The first kappa shape index (κ1) is 14.3. The first-order valence-corrected chi connectivity index (χ1v) is 7.06. The Morgan fingerprint density at radius 2 is 1.70 bits per heavy atom. The van der Waals surface area contributed by atoms with Gasteiger partial charge >= 0.3 is 0 Å². The van der Waals surface area contributed by atoms with Crippen LogP contribution in [-0.2, 0) is 15.6 Å². The number of hydrogen-bond acceptors (Lipinski definition) is 2. The van der Waals surface area contributed by atoms with Gasteiger partial charge in [-0.3, -0.25) is 9.00 Å². The van der Waals surface area contributed by atoms with Crippen LogP contribution in [-0.4, -0.2) is 15.9 Å². The number of carbonyl (C=O) groups excluding carboxylic acids is 1. The Balaban J connectivity index is 2.00. The van der Waals surface area contributed by atoms with Crippen LogP contribution in [0.2, 0.25) is 0 Å². The third-order valence-electron chi connectivity index (χ3n) is 2.49. The van der Waals surface area contributed by atoms with E-state index in [1.54, 1.807) is 6.07 Å². The molecule has 0 aliphatic heterocycles. The lowest BCUT2D eigenvalue weighted by atomic mass is 10.3. The number of hydrogen-bond donors (Lipinski definition) is 1. The van der Waals surface area contributed by atoms with Crippen LogP contribution in [0.4, 0.5) is 14.5 Å². The summed E-state index contributed by atoms with van der Waals surface area (Å²) in [6, 6.07) is 10.7. The molecule has 0 spiro atoms. The summed E-state index contributed by atoms with van der Waals surface area (Å²) in [6.45, 7) is 0. The molecule has 2 rings (SSSR count). The van der Waals surface area contributed by atoms with Crippen LogP contribution in [0.1, 0.15) is 0 Å². The summed E-state index contributed by atoms with van der Waals surface area (Å²) < 4.78 is 37.9. The predicted octanol–water partition coefficient (Wildman–Crippen LogP) is 2.71. The SMILES string of the molecule is O=C(CS(=O)c1ccc(F)cc1)Nc1ccccc1F. The number of halogens is 2. The molecule has 0 saturated heterocycles. The second-order valence-electron chi connectivity index (χ2n) is 3.97. The highest BCUT2D eigenvalue weighted by Crippen LogP contribution is 2.13. The molecule has 2 aromatic rings. The van der Waals surface area contributed by atoms with Gasteiger partial charge in [0, 0.05) is 4.90 Å². The summed E-state index contributed by atoms with van der Waals surface area (Å²) in [6.07, 6.45) is 0. The van der Waals surface area contributed by atoms with Gasteiger partial charge < -0.3 is 5.32 Å². The number of benzene rings is 2. The molecule has 1 atom stereocenters. The van der Waals surface area contributed by atoms with E-state index in [0.29, 0.717) is 4.90 Å². The normalized spacial score (nSPS) is 11.9. The summed E-state index contributed by atoms with van der Waals surface area (Å²) >= 11 is 0. The Labute approximate surface area is 117 Å². The number of anilines is 1. The molecule has 0 aromatic heterocycles. The molecule has 0 fully saturated rings. The van der Waals surface area contributed by atoms with Gasteiger partial charge in [0.15, 0.2) is 0 Å². The minimum atomic E-state index is -1.60. The second kappa shape index (κ2) is 6.38. The zero-order valence-electron chi connectivity index (χ0n) is 10.3. The average molecular weight is 295 g/mol. The summed E-state index contributed by atoms with van der Waals surface area (Å²) in [7, 11) is -1.60. The van der Waals surface area contributed by atoms with Crippen molar-refractivity contribution < 1.29 is 17.8 Å². The minimum Gasteiger partial charge on any atom is -0.323 e. The monoisotopic (exact) mass is 295 g/mol. The molecule has 1 amide bonds. The molecular weight excluding hydrogens is 284 g/mol. The molecule has 0 bridgehead atoms. The first-order chi connectivity index (χ1) is 9.56. The van der Waals surface area contributed by atoms with E-state index in [9.17, 15) is 17.8 Å². The molecule has 6 heteroatoms. The van der Waals surface area contributed by atoms with Crippen molar-refractivity contribution in [3.63, 3.8) is 0 Å². The standard InChI is InChI=1S/C14H11F2NO2S/c15-10-5-7-11(8-6-10)20(19)9-14(18)17-13-4-2-1-3-12(13)16/h1-8H,9H2,(H,17,18). The number of nitrogens with one attached hydrogen (secondary N) is 1. The lowest BCUT2D eigenvalue weighted by molar-refractivity contribution is -0.113. The molecule has 0 radical (unpaired) electrons. The van der Waals surface area contributed by atoms with Gasteiger partial charge in [-0.25, -0.2) is 8.78 Å². The quantitative estimate of drug-likeness (QED) is 0.942. The van der Waals surface area contributed by atoms with Crippen molar-refractivity contribution in [1.82, 2.24) is 0 Å². The Morgan fingerprint density at radius 3 is 2.35 bits per heavy atom. The average Bonchev–Trinajstić information content (AvgIpc) is 2.42. The van der Waals surface area contributed by atoms with Crippen LogP contribution in [0.25, 0.3) is 0 Å². The van der Waals surface area contributed by atoms with Gasteiger partial charge in [-0.2, -0.15) is 0 Å². The molecule has 0 saturated carbocycles. The van der Waals surface area contributed by atoms with Crippen LogP contribution in [0.5, 0.6) is 0 Å². The van der Waals surface area contributed by atoms with Crippen molar-refractivity contribution in [2.75, 3.05) is 11.1 Å². The number of para-hydroxylation sites is 1. The lowest BCUT2D eigenvalue weighted by Crippen LogP contribution is -2.20. The van der Waals surface area contributed by atoms with Gasteiger partial charge in [0.2, 0.25) is 5.91 Å². The molecule has 2 aromatic carbocycles. The molecular formula is C14H11F2NO2S. The van der Waals surface area contributed by atoms with E-state index in [4.69, 9.17) is 0 Å². The highest BCUT2D eigenvalue weighted by molar-refractivity contribution is 7.85. The molecule has 0 aliphatic rings. The van der Waals surface area contributed by atoms with Crippen molar-refractivity contribution in [3.8, 4) is 0 Å². The Bertz CT molecular complexity index is 644. The molecule has 20 heavy (non-hydrogen) atoms. The fraction of sp³-hybridized carbons (Fsp3) is 0.0714. The van der Waals surface area contributed by atoms with Crippen molar-refractivity contribution >= 4 is 22.4 Å². The summed E-state index contributed by atoms with van der Waals surface area (Å²) in [5.74, 6) is -1.90. The Kier molecular flexibility index (Phi) is 4.57. The van der Waals surface area contributed by atoms with Crippen molar-refractivity contribution in [2.45, 2.75) is 4.90 Å². The third kappa shape index (κ3) is 3.71. The van der Waals surface area contributed by atoms with Crippen LogP contribution >= 0.6 is 0 Å². The highest BCUT2D eigenvalue weighted by Gasteiger charge is 2.12. The number of amides is 1. The van der Waals surface area contributed by atoms with Gasteiger partial charge in [-0.05, 0) is 36.4 Å². The van der Waals surface area contributed by atoms with E-state index >= 15 is 0 Å². The molecule has 0 heterocycles. The molecule has 104 valence electrons. The first-order valence-electron chi connectivity index (χ1n) is 5.74. The Morgan fingerprint density at radius 1 is 1.05 bits per heavy atom. The van der Waals surface area contributed by atoms with Crippen molar-refractivity contribution in [1.29, 1.82) is 0 Å². The fourth-order valence-electron chi connectivity index (χ4n) is 1.54. The number of rotatable bonds is 4. The van der Waals surface area contributed by atoms with Crippen molar-refractivity contribution in [2.24, 2.45) is 0 Å². The maximum Gasteiger partial charge on any atom is 0.237 e. The van der Waals surface area contributed by atoms with Crippen molar-refractivity contribution in [3.05, 3.63) is 60.2 Å². The zero-order valence-corrected chi connectivity index (χ0v) is 11.1. The van der Waals surface area contributed by atoms with Gasteiger partial charge in [-0.1, -0.05) is 12.1 Å². The van der Waals surface area contributed by atoms with Crippen LogP contribution in [0.3, 0.4) is 0 Å². The maximum atomic E-state index is 13.3. The molecule has 1 unspecified atom stereocenters. The van der Waals surface area contributed by atoms with Gasteiger partial charge in [0.05, 0.1) is 16.5 Å². The maximum absolute atomic E-state index is 13.3. The molecule has 1 N–H and O–H groups in total. The van der Waals surface area contributed by atoms with E-state index in [0.717, 1.165) is 0 Å². The van der Waals surface area contributed by atoms with E-state index < -0.39 is 28.3 Å². The Hall–Kier alpha value is -2.08. The predicted molar refractivity (Wildman–Crippen MR) is 72.7 cm³/mol. The number of carbonyl (C=O) groups is 1. The van der Waals surface area contributed by atoms with Gasteiger partial charge in [0.25, 0.3) is 0 Å². The third-order valence-corrected chi connectivity index (χ3v) is 3.81. The molecule has 0 aliphatic carbocycles. The van der Waals surface area contributed by atoms with E-state index in [1.165, 1.54) is 42.5 Å². The second-order valence-corrected chi connectivity index (χ2v) is 5.42. The lowest BCUT2D eigenvalue weighted by Gasteiger charge is -2.06. The summed E-state index contributed by atoms with van der Waals surface area (Å²) in [5.41, 5.74) is 0.0357. The van der Waals surface area contributed by atoms with Crippen LogP contribution in [0, 0.1) is 11.6 Å². The molecule has 3 nitrogen and oxygen atoms in total. The van der Waals surface area contributed by atoms with Gasteiger partial charge in [0.1, 0.15) is 17.4 Å². The van der Waals surface area contributed by atoms with E-state index in [-0.39, 0.29) is 11.4 Å². The highest BCUT2D eigenvalue weighted by atomic mass is 32.2. The minimum absolute atomic E-state index is 0.0357.